The van der Waals surface area contributed by atoms with Crippen LogP contribution in [0.4, 0.5) is 0 Å². The summed E-state index contributed by atoms with van der Waals surface area (Å²) in [5.41, 5.74) is 1.47. The number of pyridine rings is 1. The zero-order valence-electron chi connectivity index (χ0n) is 31.2. The third-order valence-electron chi connectivity index (χ3n) is 6.03. The Morgan fingerprint density at radius 3 is 2.08 bits per heavy atom. The van der Waals surface area contributed by atoms with Crippen LogP contribution in [0.25, 0.3) is 10.6 Å². The smallest absolute Gasteiger partial charge is 0.303 e. The van der Waals surface area contributed by atoms with E-state index < -0.39 is 5.91 Å². The molecule has 0 aliphatic heterocycles. The number of rotatable bonds is 16. The number of aliphatic imine (C=N–C) groups is 1. The van der Waals surface area contributed by atoms with Gasteiger partial charge in [-0.25, -0.2) is 9.97 Å². The second-order valence-corrected chi connectivity index (χ2v) is 12.8. The van der Waals surface area contributed by atoms with Crippen molar-refractivity contribution in [1.29, 1.82) is 0 Å². The van der Waals surface area contributed by atoms with Gasteiger partial charge in [0.2, 0.25) is 11.8 Å². The zero-order valence-corrected chi connectivity index (χ0v) is 32.0. The van der Waals surface area contributed by atoms with Crippen LogP contribution in [0.15, 0.2) is 40.0 Å². The quantitative estimate of drug-likeness (QED) is 0.108. The van der Waals surface area contributed by atoms with E-state index in [-0.39, 0.29) is 23.2 Å². The normalized spacial score (nSPS) is 11.5. The van der Waals surface area contributed by atoms with Crippen molar-refractivity contribution in [3.8, 4) is 16.5 Å². The van der Waals surface area contributed by atoms with Gasteiger partial charge in [0.05, 0.1) is 12.3 Å². The second kappa shape index (κ2) is 25.4. The molecule has 48 heavy (non-hydrogen) atoms. The number of allylic oxidation sites excluding steroid dienone is 1. The van der Waals surface area contributed by atoms with Gasteiger partial charge in [0.15, 0.2) is 0 Å². The summed E-state index contributed by atoms with van der Waals surface area (Å²) in [6, 6.07) is 3.62. The van der Waals surface area contributed by atoms with E-state index in [4.69, 9.17) is 9.47 Å². The van der Waals surface area contributed by atoms with Crippen molar-refractivity contribution in [3.05, 3.63) is 40.7 Å². The topological polar surface area (TPSA) is 135 Å². The van der Waals surface area contributed by atoms with Crippen LogP contribution >= 0.6 is 11.3 Å². The maximum atomic E-state index is 12.7. The Bertz CT molecular complexity index is 1270. The van der Waals surface area contributed by atoms with Crippen molar-refractivity contribution in [2.24, 2.45) is 4.99 Å². The molecule has 11 nitrogen and oxygen atoms in total. The summed E-state index contributed by atoms with van der Waals surface area (Å²) in [6.45, 7) is 24.3. The largest absolute Gasteiger partial charge is 0.478 e. The highest BCUT2D eigenvalue weighted by Crippen LogP contribution is 2.26. The first kappa shape index (κ1) is 44.4. The van der Waals surface area contributed by atoms with Crippen LogP contribution in [0.2, 0.25) is 0 Å². The van der Waals surface area contributed by atoms with E-state index in [0.717, 1.165) is 18.4 Å². The highest BCUT2D eigenvalue weighted by molar-refractivity contribution is 7.13. The highest BCUT2D eigenvalue weighted by atomic mass is 32.1. The summed E-state index contributed by atoms with van der Waals surface area (Å²) in [7, 11) is 1.58. The summed E-state index contributed by atoms with van der Waals surface area (Å²) in [5.74, 6) is -0.361. The lowest BCUT2D eigenvalue weighted by atomic mass is 10.2. The molecule has 2 amide bonds. The number of thiazole rings is 1. The molecule has 0 aliphatic carbocycles. The first-order valence-corrected chi connectivity index (χ1v) is 17.8. The summed E-state index contributed by atoms with van der Waals surface area (Å²) in [4.78, 5) is 50.2. The molecule has 0 bridgehead atoms. The maximum absolute atomic E-state index is 12.7. The number of aromatic nitrogens is 2. The minimum atomic E-state index is -0.411. The average Bonchev–Trinajstić information content (AvgIpc) is 3.53. The number of hydrogen-bond acceptors (Lipinski definition) is 10. The minimum Gasteiger partial charge on any atom is -0.478 e. The molecule has 270 valence electrons. The molecule has 0 fully saturated rings. The van der Waals surface area contributed by atoms with Gasteiger partial charge in [-0.15, -0.1) is 11.3 Å². The van der Waals surface area contributed by atoms with Gasteiger partial charge >= 0.3 is 5.97 Å². The van der Waals surface area contributed by atoms with Gasteiger partial charge in [-0.3, -0.25) is 19.4 Å². The number of ether oxygens (including phenoxy) is 2. The molecule has 2 aromatic heterocycles. The lowest BCUT2D eigenvalue weighted by Gasteiger charge is -2.19. The van der Waals surface area contributed by atoms with Crippen molar-refractivity contribution in [3.63, 3.8) is 0 Å². The van der Waals surface area contributed by atoms with Crippen molar-refractivity contribution >= 4 is 35.3 Å². The molecule has 2 aromatic rings. The van der Waals surface area contributed by atoms with Crippen molar-refractivity contribution in [2.75, 3.05) is 39.8 Å². The van der Waals surface area contributed by atoms with Crippen molar-refractivity contribution in [1.82, 2.24) is 25.5 Å². The number of carbonyl (C=O) groups is 3. The van der Waals surface area contributed by atoms with E-state index in [0.29, 0.717) is 35.3 Å². The molecular weight excluding hydrogens is 628 g/mol. The van der Waals surface area contributed by atoms with Gasteiger partial charge in [0.25, 0.3) is 5.91 Å². The average molecular weight is 689 g/mol. The Balaban J connectivity index is 0.00000100. The molecule has 0 spiro atoms. The van der Waals surface area contributed by atoms with Crippen molar-refractivity contribution < 1.29 is 23.9 Å². The van der Waals surface area contributed by atoms with Crippen LogP contribution in [-0.4, -0.2) is 84.3 Å². The molecule has 0 saturated carbocycles. The van der Waals surface area contributed by atoms with E-state index >= 15 is 0 Å². The van der Waals surface area contributed by atoms with Crippen LogP contribution in [0.3, 0.4) is 0 Å². The second-order valence-electron chi connectivity index (χ2n) is 12.0. The fourth-order valence-corrected chi connectivity index (χ4v) is 4.88. The molecule has 0 aromatic carbocycles. The number of amides is 2. The monoisotopic (exact) mass is 688 g/mol. The summed E-state index contributed by atoms with van der Waals surface area (Å²) in [5, 5.41) is 7.87. The Kier molecular flexibility index (Phi) is 23.5. The first-order valence-electron chi connectivity index (χ1n) is 17.0. The molecule has 0 radical (unpaired) electrons. The van der Waals surface area contributed by atoms with E-state index in [1.165, 1.54) is 63.4 Å². The van der Waals surface area contributed by atoms with Crippen LogP contribution in [0.1, 0.15) is 112 Å². The highest BCUT2D eigenvalue weighted by Gasteiger charge is 2.17. The molecule has 0 atom stereocenters. The number of hydrogen-bond donors (Lipinski definition) is 2. The van der Waals surface area contributed by atoms with Gasteiger partial charge in [0.1, 0.15) is 16.3 Å². The molecule has 2 N–H and O–H groups in total. The molecule has 2 heterocycles. The predicted octanol–water partition coefficient (Wildman–Crippen LogP) is 7.09. The molecule has 12 heteroatoms. The molecule has 2 rings (SSSR count). The number of nitrogens with one attached hydrogen (secondary N) is 2. The summed E-state index contributed by atoms with van der Waals surface area (Å²) in [6.07, 6.45) is 8.69. The van der Waals surface area contributed by atoms with E-state index in [1.54, 1.807) is 31.6 Å². The number of nitrogens with zero attached hydrogens (tertiary/aromatic N) is 4. The Morgan fingerprint density at radius 1 is 0.979 bits per heavy atom. The van der Waals surface area contributed by atoms with Crippen LogP contribution in [0, 0.1) is 0 Å². The molecule has 0 aliphatic rings. The van der Waals surface area contributed by atoms with E-state index in [2.05, 4.69) is 51.3 Å². The first-order chi connectivity index (χ1) is 22.8. The van der Waals surface area contributed by atoms with Gasteiger partial charge in [-0.1, -0.05) is 34.6 Å². The standard InChI is InChI=1S/C21H27N5O3S.C9H21N.C6H12O2/c1-5-8-24-19(27)14(3)16(12-22-4)25-20(28)17-13-30-21(26-17)15-7-9-23-18(11-15)29-10-6-2;1-4-7-10(8-5-2)9-6-3;1-5(7)8-6(2,3)4/h7,9,11-13H,5-6,8,10H2,1-4H3,(H,24,27)(H,25,28);4-9H2,1-3H3;1-4H3/b16-14-,22-12?;;. The third kappa shape index (κ3) is 19.9. The van der Waals surface area contributed by atoms with E-state index in [9.17, 15) is 14.4 Å². The van der Waals surface area contributed by atoms with Gasteiger partial charge in [0, 0.05) is 55.5 Å². The van der Waals surface area contributed by atoms with Gasteiger partial charge in [-0.05, 0) is 85.5 Å². The fraction of sp³-hybridized carbons (Fsp3) is 0.611. The summed E-state index contributed by atoms with van der Waals surface area (Å²) >= 11 is 1.35. The predicted molar refractivity (Wildman–Crippen MR) is 198 cm³/mol. The Morgan fingerprint density at radius 2 is 1.60 bits per heavy atom. The number of esters is 1. The van der Waals surface area contributed by atoms with Gasteiger partial charge < -0.3 is 25.0 Å². The van der Waals surface area contributed by atoms with Crippen LogP contribution < -0.4 is 15.4 Å². The minimum absolute atomic E-state index is 0.225. The van der Waals surface area contributed by atoms with Crippen LogP contribution in [0.5, 0.6) is 5.88 Å². The Hall–Kier alpha value is -3.64. The molecule has 0 saturated heterocycles. The SMILES string of the molecule is CC(=O)OC(C)(C)C.CCCN(CCC)CCC.CCCNC(=O)/C(C)=C(/C=NC)NC(=O)c1csc(-c2ccnc(OCCC)c2)n1. The van der Waals surface area contributed by atoms with Crippen LogP contribution in [-0.2, 0) is 14.3 Å². The zero-order chi connectivity index (χ0) is 36.5. The Labute approximate surface area is 293 Å². The number of carbonyl (C=O) groups excluding carboxylic acids is 3. The maximum Gasteiger partial charge on any atom is 0.303 e. The van der Waals surface area contributed by atoms with Gasteiger partial charge in [-0.2, -0.15) is 0 Å². The van der Waals surface area contributed by atoms with Crippen molar-refractivity contribution in [2.45, 2.75) is 107 Å². The lowest BCUT2D eigenvalue weighted by Crippen LogP contribution is -2.31. The fourth-order valence-electron chi connectivity index (χ4n) is 4.09. The molecular formula is C36H60N6O5S. The summed E-state index contributed by atoms with van der Waals surface area (Å²) < 4.78 is 10.4. The third-order valence-corrected chi connectivity index (χ3v) is 6.92. The lowest BCUT2D eigenvalue weighted by molar-refractivity contribution is -0.151. The van der Waals surface area contributed by atoms with E-state index in [1.807, 2.05) is 40.7 Å². The molecule has 0 unspecified atom stereocenters.